The number of nitrogens with one attached hydrogen (secondary N) is 1. The molecule has 0 atom stereocenters. The number of aromatic nitrogens is 2. The van der Waals surface area contributed by atoms with Crippen molar-refractivity contribution >= 4 is 28.2 Å². The zero-order valence-corrected chi connectivity index (χ0v) is 11.9. The Morgan fingerprint density at radius 2 is 2.35 bits per heavy atom. The molecule has 0 bridgehead atoms. The molecule has 20 heavy (non-hydrogen) atoms. The highest BCUT2D eigenvalue weighted by molar-refractivity contribution is 7.15. The first-order valence-electron chi connectivity index (χ1n) is 6.56. The summed E-state index contributed by atoms with van der Waals surface area (Å²) in [4.78, 5) is 29.2. The highest BCUT2D eigenvalue weighted by atomic mass is 32.1. The van der Waals surface area contributed by atoms with Gasteiger partial charge in [0, 0.05) is 17.8 Å². The van der Waals surface area contributed by atoms with Crippen LogP contribution in [0.1, 0.15) is 36.7 Å². The smallest absolute Gasteiger partial charge is 0.331 e. The van der Waals surface area contributed by atoms with Gasteiger partial charge in [-0.15, -0.1) is 11.3 Å². The molecular weight excluding hydrogens is 278 g/mol. The number of carbonyl (C=O) groups excluding carboxylic acids is 2. The normalized spacial score (nSPS) is 16.6. The summed E-state index contributed by atoms with van der Waals surface area (Å²) in [5.41, 5.74) is -0.531. The van der Waals surface area contributed by atoms with Crippen LogP contribution < -0.4 is 5.32 Å². The maximum atomic E-state index is 12.2. The first-order chi connectivity index (χ1) is 9.64. The van der Waals surface area contributed by atoms with Gasteiger partial charge in [0.25, 0.3) is 5.91 Å². The number of hydrogen-bond donors (Lipinski definition) is 1. The Bertz CT molecular complexity index is 628. The molecule has 106 valence electrons. The van der Waals surface area contributed by atoms with Gasteiger partial charge in [-0.3, -0.25) is 9.20 Å². The van der Waals surface area contributed by atoms with Crippen molar-refractivity contribution in [3.8, 4) is 0 Å². The predicted octanol–water partition coefficient (Wildman–Crippen LogP) is 1.61. The van der Waals surface area contributed by atoms with Gasteiger partial charge in [0.1, 0.15) is 11.2 Å². The van der Waals surface area contributed by atoms with Crippen LogP contribution in [0.15, 0.2) is 17.8 Å². The number of nitrogens with zero attached hydrogens (tertiary/aromatic N) is 2. The minimum Gasteiger partial charge on any atom is -0.464 e. The molecule has 6 nitrogen and oxygen atoms in total. The van der Waals surface area contributed by atoms with Crippen LogP contribution in [-0.2, 0) is 9.53 Å². The van der Waals surface area contributed by atoms with Crippen LogP contribution in [0.2, 0.25) is 0 Å². The number of esters is 1. The van der Waals surface area contributed by atoms with Gasteiger partial charge in [0.2, 0.25) is 0 Å². The second-order valence-electron chi connectivity index (χ2n) is 4.83. The average molecular weight is 293 g/mol. The van der Waals surface area contributed by atoms with Crippen LogP contribution in [-0.4, -0.2) is 33.4 Å². The number of hydrogen-bond acceptors (Lipinski definition) is 5. The molecule has 0 spiro atoms. The number of fused-ring (bicyclic) bond motifs is 1. The number of amides is 1. The van der Waals surface area contributed by atoms with E-state index in [0.717, 1.165) is 11.4 Å². The zero-order chi connectivity index (χ0) is 14.2. The summed E-state index contributed by atoms with van der Waals surface area (Å²) in [6.07, 6.45) is 5.67. The summed E-state index contributed by atoms with van der Waals surface area (Å²) >= 11 is 1.46. The molecule has 0 saturated heterocycles. The lowest BCUT2D eigenvalue weighted by atomic mass is 9.76. The Kier molecular flexibility index (Phi) is 3.21. The summed E-state index contributed by atoms with van der Waals surface area (Å²) in [5.74, 6) is -0.672. The lowest BCUT2D eigenvalue weighted by Crippen LogP contribution is -2.59. The minimum absolute atomic E-state index is 0.316. The third kappa shape index (κ3) is 2.07. The molecule has 1 fully saturated rings. The van der Waals surface area contributed by atoms with E-state index >= 15 is 0 Å². The molecule has 0 radical (unpaired) electrons. The first kappa shape index (κ1) is 13.1. The second-order valence-corrected chi connectivity index (χ2v) is 5.70. The number of ether oxygens (including phenoxy) is 1. The monoisotopic (exact) mass is 293 g/mol. The van der Waals surface area contributed by atoms with E-state index in [1.165, 1.54) is 11.3 Å². The zero-order valence-electron chi connectivity index (χ0n) is 11.1. The van der Waals surface area contributed by atoms with Crippen molar-refractivity contribution in [2.75, 3.05) is 6.61 Å². The molecule has 0 unspecified atom stereocenters. The van der Waals surface area contributed by atoms with E-state index in [9.17, 15) is 9.59 Å². The molecule has 1 amide bonds. The second kappa shape index (κ2) is 4.90. The molecule has 1 N–H and O–H groups in total. The Labute approximate surface area is 119 Å². The van der Waals surface area contributed by atoms with Crippen molar-refractivity contribution in [1.29, 1.82) is 0 Å². The fraction of sp³-hybridized carbons (Fsp3) is 0.462. The summed E-state index contributed by atoms with van der Waals surface area (Å²) in [6, 6.07) is 0. The van der Waals surface area contributed by atoms with Crippen molar-refractivity contribution in [3.05, 3.63) is 23.5 Å². The molecule has 0 aliphatic heterocycles. The van der Waals surface area contributed by atoms with Crippen molar-refractivity contribution in [1.82, 2.24) is 14.7 Å². The summed E-state index contributed by atoms with van der Waals surface area (Å²) in [7, 11) is 0. The molecule has 2 aromatic heterocycles. The maximum absolute atomic E-state index is 12.2. The summed E-state index contributed by atoms with van der Waals surface area (Å²) in [6.45, 7) is 2.08. The summed E-state index contributed by atoms with van der Waals surface area (Å²) < 4.78 is 6.84. The van der Waals surface area contributed by atoms with Crippen LogP contribution in [0.3, 0.4) is 0 Å². The molecular formula is C13H15N3O3S. The molecule has 1 aliphatic rings. The molecule has 2 heterocycles. The van der Waals surface area contributed by atoms with E-state index in [-0.39, 0.29) is 11.9 Å². The van der Waals surface area contributed by atoms with Gasteiger partial charge in [-0.05, 0) is 26.2 Å². The lowest BCUT2D eigenvalue weighted by molar-refractivity contribution is -0.154. The molecule has 1 aliphatic carbocycles. The number of carbonyl (C=O) groups is 2. The van der Waals surface area contributed by atoms with Crippen LogP contribution in [0.4, 0.5) is 0 Å². The van der Waals surface area contributed by atoms with Gasteiger partial charge in [-0.1, -0.05) is 0 Å². The van der Waals surface area contributed by atoms with Crippen LogP contribution in [0.5, 0.6) is 0 Å². The van der Waals surface area contributed by atoms with Crippen molar-refractivity contribution in [2.24, 2.45) is 0 Å². The average Bonchev–Trinajstić information content (AvgIpc) is 2.94. The molecule has 7 heteroatoms. The van der Waals surface area contributed by atoms with E-state index in [0.29, 0.717) is 25.1 Å². The highest BCUT2D eigenvalue weighted by Crippen LogP contribution is 2.33. The van der Waals surface area contributed by atoms with Crippen LogP contribution in [0.25, 0.3) is 4.96 Å². The quantitative estimate of drug-likeness (QED) is 0.869. The van der Waals surface area contributed by atoms with Crippen LogP contribution >= 0.6 is 11.3 Å². The predicted molar refractivity (Wildman–Crippen MR) is 73.8 cm³/mol. The topological polar surface area (TPSA) is 72.7 Å². The Hall–Kier alpha value is -1.89. The Morgan fingerprint density at radius 1 is 1.55 bits per heavy atom. The van der Waals surface area contributed by atoms with E-state index in [2.05, 4.69) is 10.3 Å². The van der Waals surface area contributed by atoms with Gasteiger partial charge in [-0.25, -0.2) is 9.78 Å². The minimum atomic E-state index is -0.857. The number of rotatable bonds is 4. The Morgan fingerprint density at radius 3 is 2.95 bits per heavy atom. The van der Waals surface area contributed by atoms with Gasteiger partial charge >= 0.3 is 5.97 Å². The summed E-state index contributed by atoms with van der Waals surface area (Å²) in [5, 5.41) is 4.70. The molecule has 0 aromatic carbocycles. The van der Waals surface area contributed by atoms with Crippen LogP contribution in [0, 0.1) is 0 Å². The molecule has 2 aromatic rings. The van der Waals surface area contributed by atoms with Gasteiger partial charge in [0.05, 0.1) is 6.61 Å². The SMILES string of the molecule is CCOC(=O)C1(NC(=O)c2cn3ccsc3n2)CCC1. The van der Waals surface area contributed by atoms with Gasteiger partial charge < -0.3 is 10.1 Å². The van der Waals surface area contributed by atoms with Crippen molar-refractivity contribution < 1.29 is 14.3 Å². The van der Waals surface area contributed by atoms with E-state index in [1.807, 2.05) is 11.6 Å². The highest BCUT2D eigenvalue weighted by Gasteiger charge is 2.47. The fourth-order valence-electron chi connectivity index (χ4n) is 2.30. The van der Waals surface area contributed by atoms with Gasteiger partial charge in [-0.2, -0.15) is 0 Å². The lowest BCUT2D eigenvalue weighted by Gasteiger charge is -2.39. The first-order valence-corrected chi connectivity index (χ1v) is 7.44. The molecule has 1 saturated carbocycles. The third-order valence-corrected chi connectivity index (χ3v) is 4.32. The third-order valence-electron chi connectivity index (χ3n) is 3.55. The Balaban J connectivity index is 1.77. The van der Waals surface area contributed by atoms with Gasteiger partial charge in [0.15, 0.2) is 4.96 Å². The van der Waals surface area contributed by atoms with E-state index in [4.69, 9.17) is 4.74 Å². The van der Waals surface area contributed by atoms with E-state index < -0.39 is 5.54 Å². The number of thiazole rings is 1. The van der Waals surface area contributed by atoms with Crippen molar-refractivity contribution in [2.45, 2.75) is 31.7 Å². The number of imidazole rings is 1. The standard InChI is InChI=1S/C13H15N3O3S/c1-2-19-11(18)13(4-3-5-13)15-10(17)9-8-16-6-7-20-12(16)14-9/h6-8H,2-5H2,1H3,(H,15,17). The van der Waals surface area contributed by atoms with Crippen molar-refractivity contribution in [3.63, 3.8) is 0 Å². The van der Waals surface area contributed by atoms with E-state index in [1.54, 1.807) is 17.5 Å². The fourth-order valence-corrected chi connectivity index (χ4v) is 3.00. The molecule has 3 rings (SSSR count). The largest absolute Gasteiger partial charge is 0.464 e. The maximum Gasteiger partial charge on any atom is 0.331 e.